The number of nitrogens with two attached hydrogens (primary N) is 1. The molecule has 0 aliphatic carbocycles. The Balaban J connectivity index is 2.24. The summed E-state index contributed by atoms with van der Waals surface area (Å²) in [6, 6.07) is 3.12. The van der Waals surface area contributed by atoms with E-state index in [-0.39, 0.29) is 11.4 Å². The molecule has 0 unspecified atom stereocenters. The van der Waals surface area contributed by atoms with E-state index in [1.807, 2.05) is 0 Å². The van der Waals surface area contributed by atoms with Gasteiger partial charge in [-0.2, -0.15) is 5.10 Å². The van der Waals surface area contributed by atoms with Gasteiger partial charge in [0.1, 0.15) is 5.82 Å². The third-order valence-electron chi connectivity index (χ3n) is 2.80. The fourth-order valence-corrected chi connectivity index (χ4v) is 2.36. The van der Waals surface area contributed by atoms with Gasteiger partial charge in [0, 0.05) is 18.6 Å². The van der Waals surface area contributed by atoms with Gasteiger partial charge >= 0.3 is 0 Å². The molecule has 3 N–H and O–H groups in total. The first kappa shape index (κ1) is 12.3. The van der Waals surface area contributed by atoms with Crippen LogP contribution in [0.2, 0.25) is 0 Å². The van der Waals surface area contributed by atoms with E-state index >= 15 is 0 Å². The first-order chi connectivity index (χ1) is 9.16. The first-order valence-electron chi connectivity index (χ1n) is 5.75. The van der Waals surface area contributed by atoms with E-state index in [1.54, 1.807) is 12.1 Å². The monoisotopic (exact) mass is 327 g/mol. The van der Waals surface area contributed by atoms with E-state index in [1.165, 1.54) is 0 Å². The number of H-pyrrole nitrogens is 1. The molecular weight excluding hydrogens is 317 g/mol. The molecule has 1 aliphatic heterocycles. The predicted molar refractivity (Wildman–Crippen MR) is 71.7 cm³/mol. The largest absolute Gasteiger partial charge is 0.489 e. The fourth-order valence-electron chi connectivity index (χ4n) is 1.96. The van der Waals surface area contributed by atoms with Gasteiger partial charge < -0.3 is 15.2 Å². The van der Waals surface area contributed by atoms with Crippen molar-refractivity contribution in [3.63, 3.8) is 0 Å². The number of halogens is 2. The van der Waals surface area contributed by atoms with Crippen LogP contribution in [-0.2, 0) is 0 Å². The summed E-state index contributed by atoms with van der Waals surface area (Å²) in [4.78, 5) is 0. The molecule has 7 heteroatoms. The van der Waals surface area contributed by atoms with Crippen LogP contribution in [0.25, 0.3) is 11.3 Å². The van der Waals surface area contributed by atoms with Gasteiger partial charge in [-0.3, -0.25) is 5.10 Å². The highest BCUT2D eigenvalue weighted by atomic mass is 79.9. The molecule has 1 aromatic heterocycles. The summed E-state index contributed by atoms with van der Waals surface area (Å²) in [7, 11) is 0. The molecule has 0 radical (unpaired) electrons. The highest BCUT2D eigenvalue weighted by molar-refractivity contribution is 9.10. The van der Waals surface area contributed by atoms with Gasteiger partial charge in [-0.25, -0.2) is 4.39 Å². The SMILES string of the molecule is Nc1cc(-c2c(F)c(Br)cc3c2OCCCO3)[nH]n1. The second-order valence-electron chi connectivity index (χ2n) is 4.13. The lowest BCUT2D eigenvalue weighted by atomic mass is 10.1. The van der Waals surface area contributed by atoms with Crippen molar-refractivity contribution in [2.24, 2.45) is 0 Å². The summed E-state index contributed by atoms with van der Waals surface area (Å²) >= 11 is 3.18. The molecule has 0 atom stereocenters. The maximum absolute atomic E-state index is 14.3. The zero-order valence-electron chi connectivity index (χ0n) is 9.87. The molecular formula is C12H11BrFN3O2. The van der Waals surface area contributed by atoms with Gasteiger partial charge in [0.25, 0.3) is 0 Å². The summed E-state index contributed by atoms with van der Waals surface area (Å²) < 4.78 is 25.8. The van der Waals surface area contributed by atoms with E-state index in [2.05, 4.69) is 26.1 Å². The second kappa shape index (κ2) is 4.73. The van der Waals surface area contributed by atoms with Crippen LogP contribution >= 0.6 is 15.9 Å². The number of aromatic amines is 1. The molecule has 0 spiro atoms. The van der Waals surface area contributed by atoms with Crippen LogP contribution < -0.4 is 15.2 Å². The number of hydrogen-bond donors (Lipinski definition) is 2. The number of nitrogens with zero attached hydrogens (tertiary/aromatic N) is 1. The Morgan fingerprint density at radius 1 is 1.32 bits per heavy atom. The molecule has 100 valence electrons. The van der Waals surface area contributed by atoms with Crippen molar-refractivity contribution in [1.29, 1.82) is 0 Å². The minimum Gasteiger partial charge on any atom is -0.489 e. The average molecular weight is 328 g/mol. The Morgan fingerprint density at radius 2 is 2.11 bits per heavy atom. The number of nitrogens with one attached hydrogen (secondary N) is 1. The quantitative estimate of drug-likeness (QED) is 0.844. The molecule has 5 nitrogen and oxygen atoms in total. The molecule has 0 saturated heterocycles. The molecule has 1 aliphatic rings. The summed E-state index contributed by atoms with van der Waals surface area (Å²) in [5, 5.41) is 6.50. The number of aromatic nitrogens is 2. The Hall–Kier alpha value is -1.76. The third-order valence-corrected chi connectivity index (χ3v) is 3.37. The van der Waals surface area contributed by atoms with Crippen LogP contribution in [0.1, 0.15) is 6.42 Å². The maximum atomic E-state index is 14.3. The number of benzene rings is 1. The normalized spacial score (nSPS) is 14.2. The smallest absolute Gasteiger partial charge is 0.173 e. The Kier molecular flexibility index (Phi) is 3.06. The maximum Gasteiger partial charge on any atom is 0.173 e. The number of ether oxygens (including phenoxy) is 2. The fraction of sp³-hybridized carbons (Fsp3) is 0.250. The Morgan fingerprint density at radius 3 is 2.84 bits per heavy atom. The number of anilines is 1. The zero-order valence-corrected chi connectivity index (χ0v) is 11.5. The predicted octanol–water partition coefficient (Wildman–Crippen LogP) is 2.72. The third kappa shape index (κ3) is 2.14. The van der Waals surface area contributed by atoms with Crippen LogP contribution in [0, 0.1) is 5.82 Å². The molecule has 3 rings (SSSR count). The molecule has 0 amide bonds. The lowest BCUT2D eigenvalue weighted by Gasteiger charge is -2.13. The number of fused-ring (bicyclic) bond motifs is 1. The number of hydrogen-bond acceptors (Lipinski definition) is 4. The average Bonchev–Trinajstić information content (AvgIpc) is 2.67. The van der Waals surface area contributed by atoms with Crippen molar-refractivity contribution in [1.82, 2.24) is 10.2 Å². The van der Waals surface area contributed by atoms with E-state index in [0.29, 0.717) is 34.9 Å². The molecule has 19 heavy (non-hydrogen) atoms. The van der Waals surface area contributed by atoms with Gasteiger partial charge in [0.15, 0.2) is 17.3 Å². The zero-order chi connectivity index (χ0) is 13.4. The van der Waals surface area contributed by atoms with E-state index in [9.17, 15) is 4.39 Å². The number of nitrogen functional groups attached to an aromatic ring is 1. The molecule has 0 saturated carbocycles. The van der Waals surface area contributed by atoms with E-state index in [0.717, 1.165) is 6.42 Å². The standard InChI is InChI=1S/C12H11BrFN3O2/c13-6-4-8-12(19-3-1-2-18-8)10(11(6)14)7-5-9(15)17-16-7/h4-5H,1-3H2,(H3,15,16,17). The van der Waals surface area contributed by atoms with E-state index in [4.69, 9.17) is 15.2 Å². The molecule has 2 heterocycles. The lowest BCUT2D eigenvalue weighted by Crippen LogP contribution is -1.99. The van der Waals surface area contributed by atoms with Crippen molar-refractivity contribution >= 4 is 21.7 Å². The van der Waals surface area contributed by atoms with Crippen molar-refractivity contribution < 1.29 is 13.9 Å². The van der Waals surface area contributed by atoms with Crippen LogP contribution in [0.15, 0.2) is 16.6 Å². The molecule has 0 fully saturated rings. The van der Waals surface area contributed by atoms with E-state index < -0.39 is 5.82 Å². The van der Waals surface area contributed by atoms with Crippen molar-refractivity contribution in [2.75, 3.05) is 18.9 Å². The number of rotatable bonds is 1. The summed E-state index contributed by atoms with van der Waals surface area (Å²) in [5.41, 5.74) is 6.29. The Bertz CT molecular complexity index is 630. The first-order valence-corrected chi connectivity index (χ1v) is 6.55. The summed E-state index contributed by atoms with van der Waals surface area (Å²) in [6.45, 7) is 1.01. The minimum atomic E-state index is -0.437. The lowest BCUT2D eigenvalue weighted by molar-refractivity contribution is 0.297. The highest BCUT2D eigenvalue weighted by Crippen LogP contribution is 2.44. The van der Waals surface area contributed by atoms with Crippen LogP contribution in [0.5, 0.6) is 11.5 Å². The van der Waals surface area contributed by atoms with Crippen molar-refractivity contribution in [2.45, 2.75) is 6.42 Å². The molecule has 1 aromatic carbocycles. The van der Waals surface area contributed by atoms with Crippen LogP contribution in [0.4, 0.5) is 10.2 Å². The molecule has 0 bridgehead atoms. The van der Waals surface area contributed by atoms with Gasteiger partial charge in [0.05, 0.1) is 28.9 Å². The van der Waals surface area contributed by atoms with Gasteiger partial charge in [-0.15, -0.1) is 0 Å². The van der Waals surface area contributed by atoms with Crippen molar-refractivity contribution in [3.05, 3.63) is 22.4 Å². The minimum absolute atomic E-state index is 0.274. The molecule has 2 aromatic rings. The van der Waals surface area contributed by atoms with Crippen LogP contribution in [0.3, 0.4) is 0 Å². The topological polar surface area (TPSA) is 73.2 Å². The van der Waals surface area contributed by atoms with Gasteiger partial charge in [0.2, 0.25) is 0 Å². The Labute approximate surface area is 117 Å². The summed E-state index contributed by atoms with van der Waals surface area (Å²) in [6.07, 6.45) is 0.748. The van der Waals surface area contributed by atoms with Crippen LogP contribution in [-0.4, -0.2) is 23.4 Å². The van der Waals surface area contributed by atoms with Crippen molar-refractivity contribution in [3.8, 4) is 22.8 Å². The second-order valence-corrected chi connectivity index (χ2v) is 4.99. The van der Waals surface area contributed by atoms with Gasteiger partial charge in [-0.05, 0) is 15.9 Å². The van der Waals surface area contributed by atoms with Gasteiger partial charge in [-0.1, -0.05) is 0 Å². The summed E-state index contributed by atoms with van der Waals surface area (Å²) in [5.74, 6) is 0.737. The highest BCUT2D eigenvalue weighted by Gasteiger charge is 2.24.